The van der Waals surface area contributed by atoms with E-state index in [1.54, 1.807) is 14.2 Å². The van der Waals surface area contributed by atoms with Crippen molar-refractivity contribution in [1.82, 2.24) is 9.97 Å². The Kier molecular flexibility index (Phi) is 5.26. The third kappa shape index (κ3) is 4.13. The van der Waals surface area contributed by atoms with E-state index in [0.29, 0.717) is 17.4 Å². The van der Waals surface area contributed by atoms with Crippen molar-refractivity contribution in [1.29, 1.82) is 0 Å². The van der Waals surface area contributed by atoms with E-state index in [9.17, 15) is 0 Å². The van der Waals surface area contributed by atoms with Crippen molar-refractivity contribution >= 4 is 17.5 Å². The molecular weight excluding hydrogens is 316 g/mol. The Morgan fingerprint density at radius 2 is 1.92 bits per heavy atom. The van der Waals surface area contributed by atoms with Gasteiger partial charge in [-0.25, -0.2) is 4.98 Å². The van der Waals surface area contributed by atoms with Crippen molar-refractivity contribution in [3.05, 3.63) is 30.0 Å². The molecule has 0 radical (unpaired) electrons. The molecule has 3 rings (SSSR count). The first-order valence-electron chi connectivity index (χ1n) is 8.68. The molecule has 25 heavy (non-hydrogen) atoms. The van der Waals surface area contributed by atoms with E-state index < -0.39 is 0 Å². The number of ether oxygens (including phenoxy) is 2. The third-order valence-corrected chi connectivity index (χ3v) is 4.44. The maximum atomic E-state index is 5.36. The average molecular weight is 342 g/mol. The van der Waals surface area contributed by atoms with Crippen LogP contribution in [0.15, 0.2) is 24.3 Å². The molecular formula is C19H26N4O2. The Morgan fingerprint density at radius 1 is 1.12 bits per heavy atom. The molecule has 0 aliphatic carbocycles. The minimum absolute atomic E-state index is 0.681. The molecule has 0 bridgehead atoms. The number of methoxy groups -OCH3 is 2. The van der Waals surface area contributed by atoms with Gasteiger partial charge in [0.1, 0.15) is 5.82 Å². The molecule has 1 aromatic heterocycles. The molecule has 0 saturated carbocycles. The van der Waals surface area contributed by atoms with Crippen molar-refractivity contribution in [2.45, 2.75) is 26.7 Å². The van der Waals surface area contributed by atoms with Gasteiger partial charge < -0.3 is 19.7 Å². The van der Waals surface area contributed by atoms with E-state index in [2.05, 4.69) is 22.1 Å². The van der Waals surface area contributed by atoms with Crippen LogP contribution < -0.4 is 19.7 Å². The number of rotatable bonds is 5. The van der Waals surface area contributed by atoms with Crippen LogP contribution in [0.25, 0.3) is 0 Å². The van der Waals surface area contributed by atoms with Crippen LogP contribution in [0, 0.1) is 12.8 Å². The first-order chi connectivity index (χ1) is 12.1. The minimum Gasteiger partial charge on any atom is -0.493 e. The lowest BCUT2D eigenvalue weighted by molar-refractivity contribution is 0.355. The molecule has 1 unspecified atom stereocenters. The molecule has 0 amide bonds. The Balaban J connectivity index is 1.83. The van der Waals surface area contributed by atoms with E-state index in [0.717, 1.165) is 36.2 Å². The van der Waals surface area contributed by atoms with Gasteiger partial charge in [0.2, 0.25) is 5.95 Å². The fourth-order valence-electron chi connectivity index (χ4n) is 3.19. The lowest BCUT2D eigenvalue weighted by atomic mass is 10.0. The normalized spacial score (nSPS) is 17.3. The maximum absolute atomic E-state index is 5.36. The fourth-order valence-corrected chi connectivity index (χ4v) is 3.19. The topological polar surface area (TPSA) is 59.5 Å². The van der Waals surface area contributed by atoms with Crippen molar-refractivity contribution in [3.63, 3.8) is 0 Å². The molecule has 1 N–H and O–H groups in total. The molecule has 1 aliphatic heterocycles. The number of hydrogen-bond acceptors (Lipinski definition) is 6. The number of benzene rings is 1. The molecule has 6 nitrogen and oxygen atoms in total. The Bertz CT molecular complexity index is 735. The lowest BCUT2D eigenvalue weighted by Crippen LogP contribution is -2.35. The van der Waals surface area contributed by atoms with Crippen LogP contribution in [-0.4, -0.2) is 37.3 Å². The summed E-state index contributed by atoms with van der Waals surface area (Å²) in [7, 11) is 3.26. The molecule has 1 atom stereocenters. The molecule has 134 valence electrons. The molecule has 0 spiro atoms. The first kappa shape index (κ1) is 17.3. The van der Waals surface area contributed by atoms with Gasteiger partial charge in [-0.1, -0.05) is 6.92 Å². The maximum Gasteiger partial charge on any atom is 0.227 e. The van der Waals surface area contributed by atoms with Gasteiger partial charge in [0.25, 0.3) is 0 Å². The predicted molar refractivity (Wildman–Crippen MR) is 100 cm³/mol. The summed E-state index contributed by atoms with van der Waals surface area (Å²) in [5.41, 5.74) is 1.85. The standard InChI is InChI=1S/C19H26N4O2/c1-13-6-5-9-23(12-13)19-20-14(2)10-18(22-19)21-15-7-8-16(24-3)17(11-15)25-4/h7-8,10-11,13H,5-6,9,12H2,1-4H3,(H,20,21,22). The van der Waals surface area contributed by atoms with Crippen molar-refractivity contribution in [2.24, 2.45) is 5.92 Å². The van der Waals surface area contributed by atoms with Gasteiger partial charge in [0.05, 0.1) is 14.2 Å². The highest BCUT2D eigenvalue weighted by Gasteiger charge is 2.19. The number of hydrogen-bond donors (Lipinski definition) is 1. The Labute approximate surface area is 149 Å². The molecule has 1 aliphatic rings. The summed E-state index contributed by atoms with van der Waals surface area (Å²) in [6.45, 7) is 6.31. The first-order valence-corrected chi connectivity index (χ1v) is 8.68. The second-order valence-electron chi connectivity index (χ2n) is 6.58. The summed E-state index contributed by atoms with van der Waals surface area (Å²) in [5, 5.41) is 3.35. The Morgan fingerprint density at radius 3 is 2.64 bits per heavy atom. The summed E-state index contributed by atoms with van der Waals surface area (Å²) in [5.74, 6) is 3.65. The summed E-state index contributed by atoms with van der Waals surface area (Å²) in [6, 6.07) is 7.68. The lowest BCUT2D eigenvalue weighted by Gasteiger charge is -2.31. The smallest absolute Gasteiger partial charge is 0.227 e. The summed E-state index contributed by atoms with van der Waals surface area (Å²) < 4.78 is 10.6. The van der Waals surface area contributed by atoms with E-state index in [4.69, 9.17) is 14.5 Å². The molecule has 2 heterocycles. The quantitative estimate of drug-likeness (QED) is 0.892. The molecule has 1 aromatic carbocycles. The monoisotopic (exact) mass is 342 g/mol. The van der Waals surface area contributed by atoms with Gasteiger partial charge >= 0.3 is 0 Å². The van der Waals surface area contributed by atoms with Crippen LogP contribution in [-0.2, 0) is 0 Å². The van der Waals surface area contributed by atoms with E-state index in [1.807, 2.05) is 31.2 Å². The van der Waals surface area contributed by atoms with Gasteiger partial charge in [0, 0.05) is 36.6 Å². The van der Waals surface area contributed by atoms with Crippen LogP contribution in [0.3, 0.4) is 0 Å². The number of aryl methyl sites for hydroxylation is 1. The van der Waals surface area contributed by atoms with Crippen LogP contribution in [0.1, 0.15) is 25.5 Å². The summed E-state index contributed by atoms with van der Waals surface area (Å²) in [6.07, 6.45) is 2.47. The second-order valence-corrected chi connectivity index (χ2v) is 6.58. The van der Waals surface area contributed by atoms with Gasteiger partial charge in [-0.3, -0.25) is 0 Å². The fraction of sp³-hybridized carbons (Fsp3) is 0.474. The molecule has 1 saturated heterocycles. The zero-order valence-electron chi connectivity index (χ0n) is 15.4. The number of piperidine rings is 1. The summed E-state index contributed by atoms with van der Waals surface area (Å²) in [4.78, 5) is 11.6. The highest BCUT2D eigenvalue weighted by Crippen LogP contribution is 2.31. The molecule has 6 heteroatoms. The molecule has 2 aromatic rings. The van der Waals surface area contributed by atoms with Crippen LogP contribution in [0.2, 0.25) is 0 Å². The SMILES string of the molecule is COc1ccc(Nc2cc(C)nc(N3CCCC(C)C3)n2)cc1OC. The van der Waals surface area contributed by atoms with Crippen molar-refractivity contribution < 1.29 is 9.47 Å². The van der Waals surface area contributed by atoms with Gasteiger partial charge in [-0.15, -0.1) is 0 Å². The highest BCUT2D eigenvalue weighted by molar-refractivity contribution is 5.62. The van der Waals surface area contributed by atoms with Crippen LogP contribution in [0.4, 0.5) is 17.5 Å². The average Bonchev–Trinajstić information content (AvgIpc) is 2.61. The van der Waals surface area contributed by atoms with Gasteiger partial charge in [-0.2, -0.15) is 4.98 Å². The van der Waals surface area contributed by atoms with E-state index in [1.165, 1.54) is 12.8 Å². The second kappa shape index (κ2) is 7.59. The van der Waals surface area contributed by atoms with Crippen LogP contribution >= 0.6 is 0 Å². The predicted octanol–water partition coefficient (Wildman–Crippen LogP) is 3.78. The number of nitrogens with one attached hydrogen (secondary N) is 1. The zero-order valence-corrected chi connectivity index (χ0v) is 15.4. The van der Waals surface area contributed by atoms with E-state index >= 15 is 0 Å². The number of anilines is 3. The summed E-state index contributed by atoms with van der Waals surface area (Å²) >= 11 is 0. The third-order valence-electron chi connectivity index (χ3n) is 4.44. The van der Waals surface area contributed by atoms with Gasteiger partial charge in [-0.05, 0) is 37.8 Å². The van der Waals surface area contributed by atoms with Crippen molar-refractivity contribution in [3.8, 4) is 11.5 Å². The zero-order chi connectivity index (χ0) is 17.8. The van der Waals surface area contributed by atoms with Crippen LogP contribution in [0.5, 0.6) is 11.5 Å². The van der Waals surface area contributed by atoms with E-state index in [-0.39, 0.29) is 0 Å². The number of nitrogens with zero attached hydrogens (tertiary/aromatic N) is 3. The minimum atomic E-state index is 0.681. The highest BCUT2D eigenvalue weighted by atomic mass is 16.5. The Hall–Kier alpha value is -2.50. The molecule has 1 fully saturated rings. The number of aromatic nitrogens is 2. The van der Waals surface area contributed by atoms with Crippen molar-refractivity contribution in [2.75, 3.05) is 37.5 Å². The van der Waals surface area contributed by atoms with Gasteiger partial charge in [0.15, 0.2) is 11.5 Å². The largest absolute Gasteiger partial charge is 0.493 e.